The number of para-hydroxylation sites is 1. The first-order valence-corrected chi connectivity index (χ1v) is 14.1. The number of hydrogen-bond acceptors (Lipinski definition) is 5. The molecule has 0 radical (unpaired) electrons. The van der Waals surface area contributed by atoms with Crippen LogP contribution >= 0.6 is 0 Å². The van der Waals surface area contributed by atoms with E-state index in [-0.39, 0.29) is 24.1 Å². The molecule has 3 aromatic heterocycles. The minimum atomic E-state index is -0.255. The Labute approximate surface area is 235 Å². The van der Waals surface area contributed by atoms with E-state index in [1.807, 2.05) is 38.1 Å². The molecule has 1 saturated heterocycles. The zero-order valence-electron chi connectivity index (χ0n) is 24.1. The van der Waals surface area contributed by atoms with Gasteiger partial charge in [-0.1, -0.05) is 24.3 Å². The van der Waals surface area contributed by atoms with Crippen molar-refractivity contribution in [2.45, 2.75) is 59.7 Å². The quantitative estimate of drug-likeness (QED) is 0.325. The molecule has 8 nitrogen and oxygen atoms in total. The summed E-state index contributed by atoms with van der Waals surface area (Å²) in [5.74, 6) is 0.781. The monoisotopic (exact) mass is 541 g/mol. The number of fused-ring (bicyclic) bond motifs is 1. The number of H-pyrrole nitrogens is 1. The van der Waals surface area contributed by atoms with Gasteiger partial charge in [-0.15, -0.1) is 0 Å². The minimum Gasteiger partial charge on any atom is -0.496 e. The number of nitrogens with one attached hydrogen (secondary N) is 2. The summed E-state index contributed by atoms with van der Waals surface area (Å²) >= 11 is 0. The van der Waals surface area contributed by atoms with Crippen molar-refractivity contribution < 1.29 is 9.53 Å². The zero-order valence-corrected chi connectivity index (χ0v) is 24.1. The van der Waals surface area contributed by atoms with Crippen LogP contribution in [0.3, 0.4) is 0 Å². The minimum absolute atomic E-state index is 0.0837. The lowest BCUT2D eigenvalue weighted by Gasteiger charge is -2.36. The molecule has 1 amide bonds. The van der Waals surface area contributed by atoms with Crippen molar-refractivity contribution in [1.29, 1.82) is 0 Å². The Bertz CT molecular complexity index is 1580. The van der Waals surface area contributed by atoms with Crippen LogP contribution in [0.5, 0.6) is 5.75 Å². The third kappa shape index (κ3) is 5.54. The van der Waals surface area contributed by atoms with Crippen LogP contribution in [-0.4, -0.2) is 45.5 Å². The van der Waals surface area contributed by atoms with Crippen molar-refractivity contribution in [2.75, 3.05) is 20.2 Å². The van der Waals surface area contributed by atoms with Gasteiger partial charge >= 0.3 is 0 Å². The molecule has 0 bridgehead atoms. The molecule has 210 valence electrons. The number of carbonyl (C=O) groups excluding carboxylic acids is 1. The number of pyridine rings is 2. The van der Waals surface area contributed by atoms with Gasteiger partial charge < -0.3 is 19.6 Å². The van der Waals surface area contributed by atoms with Crippen LogP contribution in [0.1, 0.15) is 64.5 Å². The summed E-state index contributed by atoms with van der Waals surface area (Å²) in [6, 6.07) is 16.3. The maximum absolute atomic E-state index is 13.6. The van der Waals surface area contributed by atoms with Crippen LogP contribution in [-0.2, 0) is 13.1 Å². The average molecular weight is 542 g/mol. The van der Waals surface area contributed by atoms with Crippen molar-refractivity contribution in [1.82, 2.24) is 24.8 Å². The summed E-state index contributed by atoms with van der Waals surface area (Å²) in [7, 11) is 1.53. The number of carbonyl (C=O) groups is 1. The lowest BCUT2D eigenvalue weighted by Crippen LogP contribution is -2.36. The molecule has 2 N–H and O–H groups in total. The second-order valence-corrected chi connectivity index (χ2v) is 11.0. The highest BCUT2D eigenvalue weighted by atomic mass is 16.5. The number of nitrogens with zero attached hydrogens (tertiary/aromatic N) is 3. The molecular weight excluding hydrogens is 502 g/mol. The summed E-state index contributed by atoms with van der Waals surface area (Å²) in [5.41, 5.74) is 5.71. The van der Waals surface area contributed by atoms with E-state index in [2.05, 4.69) is 49.9 Å². The van der Waals surface area contributed by atoms with Crippen LogP contribution in [0, 0.1) is 26.7 Å². The van der Waals surface area contributed by atoms with E-state index < -0.39 is 0 Å². The van der Waals surface area contributed by atoms with E-state index in [1.54, 1.807) is 13.0 Å². The van der Waals surface area contributed by atoms with E-state index >= 15 is 0 Å². The molecule has 1 aliphatic rings. The van der Waals surface area contributed by atoms with Crippen LogP contribution in [0.15, 0.2) is 53.3 Å². The number of aromatic amines is 1. The summed E-state index contributed by atoms with van der Waals surface area (Å²) in [5, 5.41) is 3.91. The van der Waals surface area contributed by atoms with Gasteiger partial charge in [0.2, 0.25) is 0 Å². The second kappa shape index (κ2) is 11.7. The van der Waals surface area contributed by atoms with Crippen molar-refractivity contribution in [2.24, 2.45) is 5.92 Å². The number of amides is 1. The van der Waals surface area contributed by atoms with Gasteiger partial charge in [-0.3, -0.25) is 19.5 Å². The largest absolute Gasteiger partial charge is 0.496 e. The summed E-state index contributed by atoms with van der Waals surface area (Å²) in [4.78, 5) is 36.1. The number of likely N-dealkylation sites (tertiary alicyclic amines) is 1. The average Bonchev–Trinajstić information content (AvgIpc) is 3.23. The highest BCUT2D eigenvalue weighted by molar-refractivity contribution is 6.08. The van der Waals surface area contributed by atoms with Gasteiger partial charge in [0, 0.05) is 40.6 Å². The SMILES string of the molecule is COc1cc(C)[nH]c(=O)c1CNC(=O)c1c(C)n([C@H](C)C2CCN(Cc3cccc(C)n3)CC2)c2ccccc12. The maximum atomic E-state index is 13.6. The van der Waals surface area contributed by atoms with Crippen LogP contribution in [0.4, 0.5) is 0 Å². The third-order valence-electron chi connectivity index (χ3n) is 8.31. The number of ether oxygens (including phenoxy) is 1. The first-order valence-electron chi connectivity index (χ1n) is 14.1. The highest BCUT2D eigenvalue weighted by Crippen LogP contribution is 2.36. The third-order valence-corrected chi connectivity index (χ3v) is 8.31. The van der Waals surface area contributed by atoms with Crippen molar-refractivity contribution in [3.63, 3.8) is 0 Å². The predicted molar refractivity (Wildman–Crippen MR) is 158 cm³/mol. The fourth-order valence-electron chi connectivity index (χ4n) is 6.22. The Kier molecular flexibility index (Phi) is 8.07. The van der Waals surface area contributed by atoms with Gasteiger partial charge in [-0.05, 0) is 83.8 Å². The number of methoxy groups -OCH3 is 1. The molecule has 4 heterocycles. The lowest BCUT2D eigenvalue weighted by atomic mass is 9.89. The van der Waals surface area contributed by atoms with Crippen LogP contribution < -0.4 is 15.6 Å². The number of aryl methyl sites for hydroxylation is 2. The maximum Gasteiger partial charge on any atom is 0.256 e. The van der Waals surface area contributed by atoms with Crippen LogP contribution in [0.2, 0.25) is 0 Å². The Morgan fingerprint density at radius 2 is 1.88 bits per heavy atom. The van der Waals surface area contributed by atoms with Crippen molar-refractivity contribution >= 4 is 16.8 Å². The molecule has 5 rings (SSSR count). The van der Waals surface area contributed by atoms with Gasteiger partial charge in [0.15, 0.2) is 0 Å². The van der Waals surface area contributed by atoms with Gasteiger partial charge in [0.25, 0.3) is 11.5 Å². The van der Waals surface area contributed by atoms with Gasteiger partial charge in [-0.2, -0.15) is 0 Å². The molecule has 8 heteroatoms. The van der Waals surface area contributed by atoms with E-state index in [1.165, 1.54) is 7.11 Å². The Morgan fingerprint density at radius 3 is 2.60 bits per heavy atom. The highest BCUT2D eigenvalue weighted by Gasteiger charge is 2.29. The number of hydrogen-bond donors (Lipinski definition) is 2. The number of aromatic nitrogens is 3. The molecule has 1 aromatic carbocycles. The summed E-state index contributed by atoms with van der Waals surface area (Å²) in [6.45, 7) is 11.2. The fraction of sp³-hybridized carbons (Fsp3) is 0.406. The second-order valence-electron chi connectivity index (χ2n) is 11.0. The van der Waals surface area contributed by atoms with E-state index in [0.29, 0.717) is 28.5 Å². The van der Waals surface area contributed by atoms with Crippen LogP contribution in [0.25, 0.3) is 10.9 Å². The van der Waals surface area contributed by atoms with E-state index in [0.717, 1.165) is 60.5 Å². The standard InChI is InChI=1S/C32H39N5O3/c1-20-9-8-10-25(34-20)19-36-15-13-24(14-16-36)22(3)37-23(4)30(26-11-6-7-12-28(26)37)32(39)33-18-27-29(40-5)17-21(2)35-31(27)38/h6-12,17,22,24H,13-16,18-19H2,1-5H3,(H,33,39)(H,35,38)/t22-/m1/s1. The molecule has 4 aromatic rings. The van der Waals surface area contributed by atoms with Gasteiger partial charge in [0.05, 0.1) is 30.5 Å². The van der Waals surface area contributed by atoms with Crippen molar-refractivity contribution in [3.8, 4) is 5.75 Å². The van der Waals surface area contributed by atoms with Gasteiger partial charge in [0.1, 0.15) is 5.75 Å². The molecule has 1 aliphatic heterocycles. The van der Waals surface area contributed by atoms with Crippen molar-refractivity contribution in [3.05, 3.63) is 92.8 Å². The molecule has 0 unspecified atom stereocenters. The molecule has 0 saturated carbocycles. The topological polar surface area (TPSA) is 92.2 Å². The Balaban J connectivity index is 1.34. The number of benzene rings is 1. The van der Waals surface area contributed by atoms with E-state index in [9.17, 15) is 9.59 Å². The first kappa shape index (κ1) is 27.6. The normalized spacial score (nSPS) is 15.3. The Morgan fingerprint density at radius 1 is 1.12 bits per heavy atom. The lowest BCUT2D eigenvalue weighted by molar-refractivity contribution is 0.0951. The number of piperidine rings is 1. The molecule has 40 heavy (non-hydrogen) atoms. The predicted octanol–water partition coefficient (Wildman–Crippen LogP) is 5.06. The first-order chi connectivity index (χ1) is 19.3. The summed E-state index contributed by atoms with van der Waals surface area (Å²) < 4.78 is 7.74. The fourth-order valence-corrected chi connectivity index (χ4v) is 6.22. The van der Waals surface area contributed by atoms with Gasteiger partial charge in [-0.25, -0.2) is 0 Å². The Hall–Kier alpha value is -3.91. The molecule has 0 spiro atoms. The molecule has 0 aliphatic carbocycles. The summed E-state index contributed by atoms with van der Waals surface area (Å²) in [6.07, 6.45) is 2.19. The smallest absolute Gasteiger partial charge is 0.256 e. The molecular formula is C32H39N5O3. The molecule has 1 fully saturated rings. The number of rotatable bonds is 8. The zero-order chi connectivity index (χ0) is 28.4. The van der Waals surface area contributed by atoms with E-state index in [4.69, 9.17) is 4.74 Å². The molecule has 1 atom stereocenters.